The average Bonchev–Trinajstić information content (AvgIpc) is 2.96. The largest absolute Gasteiger partial charge is 0.496 e. The molecule has 6 nitrogen and oxygen atoms in total. The minimum absolute atomic E-state index is 0.00360. The number of benzene rings is 2. The van der Waals surface area contributed by atoms with Gasteiger partial charge in [-0.15, -0.1) is 0 Å². The SMILES string of the molecule is COc1cccc(OC)c1C1OC(N)=C(OSCc2ccccc2)C1=O. The first-order valence-electron chi connectivity index (χ1n) is 7.90. The molecular formula is C19H19NO5S. The van der Waals surface area contributed by atoms with E-state index in [1.54, 1.807) is 18.2 Å². The molecule has 2 N–H and O–H groups in total. The van der Waals surface area contributed by atoms with Crippen LogP contribution in [0.2, 0.25) is 0 Å². The van der Waals surface area contributed by atoms with Gasteiger partial charge in [0.05, 0.1) is 37.6 Å². The lowest BCUT2D eigenvalue weighted by Crippen LogP contribution is -2.13. The summed E-state index contributed by atoms with van der Waals surface area (Å²) >= 11 is 1.13. The van der Waals surface area contributed by atoms with Gasteiger partial charge in [0, 0.05) is 0 Å². The van der Waals surface area contributed by atoms with E-state index in [9.17, 15) is 4.79 Å². The number of hydrogen-bond acceptors (Lipinski definition) is 7. The van der Waals surface area contributed by atoms with Crippen molar-refractivity contribution in [2.45, 2.75) is 11.9 Å². The molecule has 1 unspecified atom stereocenters. The fourth-order valence-corrected chi connectivity index (χ4v) is 3.29. The number of Topliss-reactive ketones (excluding diaryl/α,β-unsaturated/α-hetero) is 1. The summed E-state index contributed by atoms with van der Waals surface area (Å²) in [6.07, 6.45) is -0.964. The normalized spacial score (nSPS) is 16.4. The van der Waals surface area contributed by atoms with Crippen molar-refractivity contribution in [2.24, 2.45) is 5.73 Å². The predicted molar refractivity (Wildman–Crippen MR) is 98.4 cm³/mol. The Hall–Kier alpha value is -2.80. The fourth-order valence-electron chi connectivity index (χ4n) is 2.62. The first-order chi connectivity index (χ1) is 12.7. The van der Waals surface area contributed by atoms with Crippen LogP contribution in [0.4, 0.5) is 0 Å². The zero-order chi connectivity index (χ0) is 18.5. The molecule has 0 amide bonds. The number of ketones is 1. The van der Waals surface area contributed by atoms with Crippen LogP contribution in [-0.2, 0) is 19.5 Å². The summed E-state index contributed by atoms with van der Waals surface area (Å²) in [5.74, 6) is 1.12. The zero-order valence-electron chi connectivity index (χ0n) is 14.4. The first kappa shape index (κ1) is 18.0. The number of methoxy groups -OCH3 is 2. The highest BCUT2D eigenvalue weighted by Crippen LogP contribution is 2.42. The Morgan fingerprint density at radius 2 is 1.69 bits per heavy atom. The van der Waals surface area contributed by atoms with Crippen molar-refractivity contribution in [2.75, 3.05) is 14.2 Å². The lowest BCUT2D eigenvalue weighted by Gasteiger charge is -2.17. The quantitative estimate of drug-likeness (QED) is 0.746. The van der Waals surface area contributed by atoms with Gasteiger partial charge in [0.15, 0.2) is 6.10 Å². The molecule has 0 aromatic heterocycles. The second kappa shape index (κ2) is 8.05. The van der Waals surface area contributed by atoms with Crippen molar-refractivity contribution in [3.8, 4) is 11.5 Å². The molecule has 0 saturated carbocycles. The summed E-state index contributed by atoms with van der Waals surface area (Å²) in [7, 11) is 3.03. The Labute approximate surface area is 156 Å². The van der Waals surface area contributed by atoms with Gasteiger partial charge in [0.1, 0.15) is 11.5 Å². The van der Waals surface area contributed by atoms with Gasteiger partial charge >= 0.3 is 0 Å². The zero-order valence-corrected chi connectivity index (χ0v) is 15.2. The molecule has 1 aliphatic heterocycles. The van der Waals surface area contributed by atoms with E-state index >= 15 is 0 Å². The maximum absolute atomic E-state index is 12.8. The van der Waals surface area contributed by atoms with Gasteiger partial charge in [0.25, 0.3) is 0 Å². The summed E-state index contributed by atoms with van der Waals surface area (Å²) in [6.45, 7) is 0. The van der Waals surface area contributed by atoms with Crippen LogP contribution in [0, 0.1) is 0 Å². The molecule has 0 radical (unpaired) electrons. The van der Waals surface area contributed by atoms with Crippen LogP contribution in [0.25, 0.3) is 0 Å². The topological polar surface area (TPSA) is 80.0 Å². The molecule has 136 valence electrons. The van der Waals surface area contributed by atoms with Crippen molar-refractivity contribution in [1.29, 1.82) is 0 Å². The lowest BCUT2D eigenvalue weighted by molar-refractivity contribution is -0.123. The van der Waals surface area contributed by atoms with E-state index < -0.39 is 6.10 Å². The number of carbonyl (C=O) groups is 1. The van der Waals surface area contributed by atoms with Crippen LogP contribution < -0.4 is 15.2 Å². The molecule has 2 aromatic carbocycles. The Kier molecular flexibility index (Phi) is 5.58. The third-order valence-electron chi connectivity index (χ3n) is 3.87. The predicted octanol–water partition coefficient (Wildman–Crippen LogP) is 3.34. The third-order valence-corrected chi connectivity index (χ3v) is 4.61. The number of ether oxygens (including phenoxy) is 3. The maximum Gasteiger partial charge on any atom is 0.249 e. The second-order valence-electron chi connectivity index (χ2n) is 5.46. The maximum atomic E-state index is 12.8. The Bertz CT molecular complexity index is 800. The molecule has 0 saturated heterocycles. The van der Waals surface area contributed by atoms with Gasteiger partial charge in [-0.1, -0.05) is 36.4 Å². The number of carbonyl (C=O) groups excluding carboxylic acids is 1. The Morgan fingerprint density at radius 3 is 2.31 bits per heavy atom. The van der Waals surface area contributed by atoms with Crippen LogP contribution >= 0.6 is 12.0 Å². The molecule has 0 aliphatic carbocycles. The molecule has 2 aromatic rings. The molecular weight excluding hydrogens is 354 g/mol. The van der Waals surface area contributed by atoms with Crippen LogP contribution in [0.3, 0.4) is 0 Å². The van der Waals surface area contributed by atoms with E-state index in [4.69, 9.17) is 24.1 Å². The fraction of sp³-hybridized carbons (Fsp3) is 0.211. The number of rotatable bonds is 7. The van der Waals surface area contributed by atoms with Gasteiger partial charge in [-0.25, -0.2) is 0 Å². The molecule has 1 atom stereocenters. The van der Waals surface area contributed by atoms with E-state index in [0.717, 1.165) is 17.6 Å². The van der Waals surface area contributed by atoms with E-state index in [-0.39, 0.29) is 17.4 Å². The van der Waals surface area contributed by atoms with E-state index in [2.05, 4.69) is 0 Å². The summed E-state index contributed by atoms with van der Waals surface area (Å²) in [6, 6.07) is 15.0. The van der Waals surface area contributed by atoms with Crippen LogP contribution in [-0.4, -0.2) is 20.0 Å². The molecule has 0 spiro atoms. The van der Waals surface area contributed by atoms with E-state index in [1.807, 2.05) is 30.3 Å². The molecule has 0 bridgehead atoms. The van der Waals surface area contributed by atoms with Crippen LogP contribution in [0.5, 0.6) is 11.5 Å². The van der Waals surface area contributed by atoms with Crippen molar-refractivity contribution in [1.82, 2.24) is 0 Å². The molecule has 0 fully saturated rings. The van der Waals surface area contributed by atoms with Crippen molar-refractivity contribution >= 4 is 17.8 Å². The van der Waals surface area contributed by atoms with Gasteiger partial charge in [-0.05, 0) is 17.7 Å². The van der Waals surface area contributed by atoms with Gasteiger partial charge in [-0.2, -0.15) is 0 Å². The first-order valence-corrected chi connectivity index (χ1v) is 8.81. The van der Waals surface area contributed by atoms with Gasteiger partial charge < -0.3 is 24.1 Å². The van der Waals surface area contributed by atoms with Crippen LogP contribution in [0.1, 0.15) is 17.2 Å². The average molecular weight is 373 g/mol. The van der Waals surface area contributed by atoms with Crippen molar-refractivity contribution < 1.29 is 23.2 Å². The highest BCUT2D eigenvalue weighted by Gasteiger charge is 2.40. The molecule has 7 heteroatoms. The monoisotopic (exact) mass is 373 g/mol. The Morgan fingerprint density at radius 1 is 1.04 bits per heavy atom. The summed E-state index contributed by atoms with van der Waals surface area (Å²) < 4.78 is 21.8. The van der Waals surface area contributed by atoms with Gasteiger partial charge in [0.2, 0.25) is 17.4 Å². The third kappa shape index (κ3) is 3.57. The lowest BCUT2D eigenvalue weighted by atomic mass is 10.0. The molecule has 1 heterocycles. The molecule has 1 aliphatic rings. The van der Waals surface area contributed by atoms with E-state index in [1.165, 1.54) is 14.2 Å². The highest BCUT2D eigenvalue weighted by molar-refractivity contribution is 7.94. The minimum atomic E-state index is -0.964. The number of hydrogen-bond donors (Lipinski definition) is 1. The van der Waals surface area contributed by atoms with Crippen molar-refractivity contribution in [3.05, 3.63) is 71.3 Å². The smallest absolute Gasteiger partial charge is 0.249 e. The minimum Gasteiger partial charge on any atom is -0.496 e. The van der Waals surface area contributed by atoms with Crippen LogP contribution in [0.15, 0.2) is 60.2 Å². The summed E-state index contributed by atoms with van der Waals surface area (Å²) in [5, 5.41) is 0. The highest BCUT2D eigenvalue weighted by atomic mass is 32.2. The second-order valence-corrected chi connectivity index (χ2v) is 6.15. The molecule has 26 heavy (non-hydrogen) atoms. The van der Waals surface area contributed by atoms with E-state index in [0.29, 0.717) is 22.8 Å². The molecule has 3 rings (SSSR count). The number of nitrogens with two attached hydrogens (primary N) is 1. The summed E-state index contributed by atoms with van der Waals surface area (Å²) in [5.41, 5.74) is 7.43. The summed E-state index contributed by atoms with van der Waals surface area (Å²) in [4.78, 5) is 12.8. The Balaban J connectivity index is 1.74. The standard InChI is InChI=1S/C19H19NO5S/c1-22-13-9-6-10-14(23-2)15(13)17-16(21)18(19(20)24-17)25-26-11-12-7-4-3-5-8-12/h3-10,17H,11,20H2,1-2H3. The van der Waals surface area contributed by atoms with Crippen molar-refractivity contribution in [3.63, 3.8) is 0 Å². The van der Waals surface area contributed by atoms with Gasteiger partial charge in [-0.3, -0.25) is 4.79 Å².